The molecule has 0 radical (unpaired) electrons. The van der Waals surface area contributed by atoms with Crippen molar-refractivity contribution in [3.05, 3.63) is 23.8 Å². The Morgan fingerprint density at radius 2 is 1.81 bits per heavy atom. The van der Waals surface area contributed by atoms with Crippen LogP contribution in [-0.2, 0) is 6.54 Å². The lowest BCUT2D eigenvalue weighted by Crippen LogP contribution is -2.45. The quantitative estimate of drug-likeness (QED) is 0.308. The van der Waals surface area contributed by atoms with E-state index in [4.69, 9.17) is 9.47 Å². The van der Waals surface area contributed by atoms with Crippen LogP contribution in [0.4, 0.5) is 0 Å². The molecule has 1 unspecified atom stereocenters. The first kappa shape index (κ1) is 24.8. The van der Waals surface area contributed by atoms with Crippen molar-refractivity contribution in [2.75, 3.05) is 40.4 Å². The number of rotatable bonds is 10. The van der Waals surface area contributed by atoms with Crippen molar-refractivity contribution < 1.29 is 9.47 Å². The fourth-order valence-electron chi connectivity index (χ4n) is 2.71. The molecule has 1 aromatic carbocycles. The Bertz CT molecular complexity index is 536. The summed E-state index contributed by atoms with van der Waals surface area (Å²) in [4.78, 5) is 7.11. The molecule has 0 bridgehead atoms. The van der Waals surface area contributed by atoms with Gasteiger partial charge in [-0.3, -0.25) is 4.90 Å². The first-order chi connectivity index (χ1) is 12.1. The molecule has 0 fully saturated rings. The predicted octanol–water partition coefficient (Wildman–Crippen LogP) is 3.11. The number of halogens is 1. The number of hydrogen-bond donors (Lipinski definition) is 2. The molecule has 6 nitrogen and oxygen atoms in total. The van der Waals surface area contributed by atoms with E-state index in [9.17, 15) is 0 Å². The van der Waals surface area contributed by atoms with Gasteiger partial charge in [0.25, 0.3) is 0 Å². The SMILES string of the molecule is CCNC(=NCc1ccc(OC)cc1OC)NCC(C)N(CC)CC.I. The van der Waals surface area contributed by atoms with E-state index >= 15 is 0 Å². The third-order valence-corrected chi connectivity index (χ3v) is 4.25. The van der Waals surface area contributed by atoms with Crippen LogP contribution < -0.4 is 20.1 Å². The average molecular weight is 478 g/mol. The van der Waals surface area contributed by atoms with Crippen molar-refractivity contribution in [2.45, 2.75) is 40.3 Å². The third-order valence-electron chi connectivity index (χ3n) is 4.25. The van der Waals surface area contributed by atoms with Crippen molar-refractivity contribution in [3.63, 3.8) is 0 Å². The van der Waals surface area contributed by atoms with Crippen LogP contribution in [0.2, 0.25) is 0 Å². The van der Waals surface area contributed by atoms with Gasteiger partial charge in [0.2, 0.25) is 0 Å². The van der Waals surface area contributed by atoms with Crippen LogP contribution in [0.25, 0.3) is 0 Å². The molecule has 0 saturated carbocycles. The van der Waals surface area contributed by atoms with Gasteiger partial charge in [0.05, 0.1) is 20.8 Å². The Labute approximate surface area is 175 Å². The van der Waals surface area contributed by atoms with Crippen LogP contribution in [0.5, 0.6) is 11.5 Å². The molecule has 2 N–H and O–H groups in total. The fourth-order valence-corrected chi connectivity index (χ4v) is 2.71. The van der Waals surface area contributed by atoms with E-state index < -0.39 is 0 Å². The Morgan fingerprint density at radius 3 is 2.35 bits per heavy atom. The topological polar surface area (TPSA) is 58.1 Å². The van der Waals surface area contributed by atoms with Crippen molar-refractivity contribution in [1.29, 1.82) is 0 Å². The normalized spacial score (nSPS) is 12.3. The summed E-state index contributed by atoms with van der Waals surface area (Å²) in [6, 6.07) is 6.25. The van der Waals surface area contributed by atoms with Gasteiger partial charge in [-0.25, -0.2) is 4.99 Å². The predicted molar refractivity (Wildman–Crippen MR) is 120 cm³/mol. The highest BCUT2D eigenvalue weighted by Gasteiger charge is 2.11. The van der Waals surface area contributed by atoms with Crippen molar-refractivity contribution in [2.24, 2.45) is 4.99 Å². The molecule has 26 heavy (non-hydrogen) atoms. The van der Waals surface area contributed by atoms with E-state index in [-0.39, 0.29) is 24.0 Å². The second-order valence-electron chi connectivity index (χ2n) is 5.82. The molecule has 0 aliphatic rings. The van der Waals surface area contributed by atoms with E-state index in [1.807, 2.05) is 18.2 Å². The Balaban J connectivity index is 0.00000625. The minimum atomic E-state index is 0. The lowest BCUT2D eigenvalue weighted by molar-refractivity contribution is 0.231. The third kappa shape index (κ3) is 7.99. The Hall–Kier alpha value is -1.22. The molecule has 0 amide bonds. The number of benzene rings is 1. The highest BCUT2D eigenvalue weighted by atomic mass is 127. The number of guanidine groups is 1. The minimum Gasteiger partial charge on any atom is -0.497 e. The van der Waals surface area contributed by atoms with Crippen LogP contribution >= 0.6 is 24.0 Å². The van der Waals surface area contributed by atoms with Gasteiger partial charge in [0.1, 0.15) is 11.5 Å². The van der Waals surface area contributed by atoms with Gasteiger partial charge in [-0.05, 0) is 39.1 Å². The van der Waals surface area contributed by atoms with Crippen LogP contribution in [-0.4, -0.2) is 57.3 Å². The molecular formula is C19H35IN4O2. The van der Waals surface area contributed by atoms with Crippen LogP contribution in [0, 0.1) is 0 Å². The van der Waals surface area contributed by atoms with Crippen molar-refractivity contribution >= 4 is 29.9 Å². The zero-order valence-corrected chi connectivity index (χ0v) is 19.3. The molecule has 1 atom stereocenters. The lowest BCUT2D eigenvalue weighted by atomic mass is 10.2. The van der Waals surface area contributed by atoms with Gasteiger partial charge in [0.15, 0.2) is 5.96 Å². The number of likely N-dealkylation sites (N-methyl/N-ethyl adjacent to an activating group) is 1. The summed E-state index contributed by atoms with van der Waals surface area (Å²) >= 11 is 0. The first-order valence-corrected chi connectivity index (χ1v) is 9.06. The Kier molecular flexibility index (Phi) is 13.3. The van der Waals surface area contributed by atoms with Crippen LogP contribution in [0.1, 0.15) is 33.3 Å². The number of hydrogen-bond acceptors (Lipinski definition) is 4. The number of nitrogens with zero attached hydrogens (tertiary/aromatic N) is 2. The number of nitrogens with one attached hydrogen (secondary N) is 2. The first-order valence-electron chi connectivity index (χ1n) is 9.06. The zero-order chi connectivity index (χ0) is 18.7. The molecule has 0 aliphatic carbocycles. The highest BCUT2D eigenvalue weighted by molar-refractivity contribution is 14.0. The largest absolute Gasteiger partial charge is 0.497 e. The summed E-state index contributed by atoms with van der Waals surface area (Å²) in [6.45, 7) is 13.0. The van der Waals surface area contributed by atoms with E-state index in [0.717, 1.165) is 49.2 Å². The molecule has 0 aliphatic heterocycles. The van der Waals surface area contributed by atoms with Crippen molar-refractivity contribution in [3.8, 4) is 11.5 Å². The van der Waals surface area contributed by atoms with Gasteiger partial charge >= 0.3 is 0 Å². The summed E-state index contributed by atoms with van der Waals surface area (Å²) in [6.07, 6.45) is 0. The smallest absolute Gasteiger partial charge is 0.191 e. The molecule has 0 aromatic heterocycles. The molecule has 0 spiro atoms. The average Bonchev–Trinajstić information content (AvgIpc) is 2.64. The second kappa shape index (κ2) is 13.9. The van der Waals surface area contributed by atoms with Crippen LogP contribution in [0.15, 0.2) is 23.2 Å². The summed E-state index contributed by atoms with van der Waals surface area (Å²) in [5.74, 6) is 2.39. The van der Waals surface area contributed by atoms with E-state index in [0.29, 0.717) is 12.6 Å². The summed E-state index contributed by atoms with van der Waals surface area (Å²) in [7, 11) is 3.31. The van der Waals surface area contributed by atoms with Gasteiger partial charge < -0.3 is 20.1 Å². The molecular weight excluding hydrogens is 443 g/mol. The standard InChI is InChI=1S/C19H34N4O2.HI/c1-7-20-19(21-13-15(4)23(8-2)9-3)22-14-16-10-11-17(24-5)12-18(16)25-6;/h10-12,15H,7-9,13-14H2,1-6H3,(H2,20,21,22);1H. The minimum absolute atomic E-state index is 0. The summed E-state index contributed by atoms with van der Waals surface area (Å²) in [5, 5.41) is 6.73. The van der Waals surface area contributed by atoms with Gasteiger partial charge in [-0.1, -0.05) is 13.8 Å². The zero-order valence-electron chi connectivity index (χ0n) is 17.0. The highest BCUT2D eigenvalue weighted by Crippen LogP contribution is 2.25. The molecule has 0 saturated heterocycles. The number of ether oxygens (including phenoxy) is 2. The Morgan fingerprint density at radius 1 is 1.12 bits per heavy atom. The lowest BCUT2D eigenvalue weighted by Gasteiger charge is -2.27. The van der Waals surface area contributed by atoms with Gasteiger partial charge in [-0.15, -0.1) is 24.0 Å². The maximum atomic E-state index is 5.44. The molecule has 7 heteroatoms. The second-order valence-corrected chi connectivity index (χ2v) is 5.82. The van der Waals surface area contributed by atoms with Gasteiger partial charge in [-0.2, -0.15) is 0 Å². The maximum absolute atomic E-state index is 5.44. The molecule has 1 rings (SSSR count). The molecule has 150 valence electrons. The van der Waals surface area contributed by atoms with Crippen LogP contribution in [0.3, 0.4) is 0 Å². The summed E-state index contributed by atoms with van der Waals surface area (Å²) in [5.41, 5.74) is 1.03. The monoisotopic (exact) mass is 478 g/mol. The number of methoxy groups -OCH3 is 2. The molecule has 0 heterocycles. The molecule has 1 aromatic rings. The van der Waals surface area contributed by atoms with Gasteiger partial charge in [0, 0.05) is 30.8 Å². The van der Waals surface area contributed by atoms with E-state index in [1.54, 1.807) is 14.2 Å². The fraction of sp³-hybridized carbons (Fsp3) is 0.632. The van der Waals surface area contributed by atoms with E-state index in [1.165, 1.54) is 0 Å². The van der Waals surface area contributed by atoms with Crippen molar-refractivity contribution in [1.82, 2.24) is 15.5 Å². The summed E-state index contributed by atoms with van der Waals surface area (Å²) < 4.78 is 10.7. The maximum Gasteiger partial charge on any atom is 0.191 e. The number of aliphatic imine (C=N–C) groups is 1. The van der Waals surface area contributed by atoms with E-state index in [2.05, 4.69) is 48.2 Å².